The summed E-state index contributed by atoms with van der Waals surface area (Å²) in [5, 5.41) is 19.5. The van der Waals surface area contributed by atoms with E-state index < -0.39 is 46.6 Å². The summed E-state index contributed by atoms with van der Waals surface area (Å²) >= 11 is 0. The number of carbonyl (C=O) groups excluding carboxylic acids is 1. The summed E-state index contributed by atoms with van der Waals surface area (Å²) in [7, 11) is 0. The molecule has 4 N–H and O–H groups in total. The van der Waals surface area contributed by atoms with Gasteiger partial charge in [0.05, 0.1) is 12.0 Å². The zero-order valence-corrected chi connectivity index (χ0v) is 16.5. The molecule has 0 heterocycles. The van der Waals surface area contributed by atoms with Crippen molar-refractivity contribution >= 4 is 23.5 Å². The van der Waals surface area contributed by atoms with Gasteiger partial charge in [-0.3, -0.25) is 9.59 Å². The molecule has 0 aliphatic carbocycles. The number of nitrogens with two attached hydrogens (primary N) is 1. The van der Waals surface area contributed by atoms with Crippen LogP contribution in [0.25, 0.3) is 0 Å². The molecule has 0 fully saturated rings. The molecule has 0 saturated carbocycles. The Hall–Kier alpha value is -2.64. The Morgan fingerprint density at radius 2 is 1.59 bits per heavy atom. The van der Waals surface area contributed by atoms with Gasteiger partial charge in [-0.25, -0.2) is 9.18 Å². The number of hydrogen-bond acceptors (Lipinski definition) is 4. The van der Waals surface area contributed by atoms with Crippen LogP contribution < -0.4 is 5.73 Å². The van der Waals surface area contributed by atoms with Crippen LogP contribution in [0.4, 0.5) is 10.1 Å². The number of carboxylic acids is 2. The first-order valence-electron chi connectivity index (χ1n) is 8.40. The molecule has 0 unspecified atom stereocenters. The van der Waals surface area contributed by atoms with Crippen molar-refractivity contribution < 1.29 is 29.0 Å². The van der Waals surface area contributed by atoms with Gasteiger partial charge in [0.2, 0.25) is 0 Å². The minimum absolute atomic E-state index is 0.0911. The molecule has 0 spiro atoms. The van der Waals surface area contributed by atoms with Gasteiger partial charge in [0.15, 0.2) is 5.54 Å². The lowest BCUT2D eigenvalue weighted by Crippen LogP contribution is -2.69. The zero-order chi connectivity index (χ0) is 21.4. The fraction of sp³-hybridized carbons (Fsp3) is 0.526. The first-order valence-corrected chi connectivity index (χ1v) is 8.40. The highest BCUT2D eigenvalue weighted by Crippen LogP contribution is 2.44. The maximum Gasteiger partial charge on any atom is 0.330 e. The van der Waals surface area contributed by atoms with Gasteiger partial charge in [-0.05, 0) is 44.4 Å². The molecule has 1 aromatic carbocycles. The molecule has 8 heteroatoms. The molecule has 0 aliphatic rings. The Morgan fingerprint density at radius 3 is 1.93 bits per heavy atom. The molecule has 0 saturated heterocycles. The number of nitrogen functional groups attached to an aromatic ring is 1. The summed E-state index contributed by atoms with van der Waals surface area (Å²) < 4.78 is 13.4. The van der Waals surface area contributed by atoms with E-state index in [1.807, 2.05) is 0 Å². The lowest BCUT2D eigenvalue weighted by molar-refractivity contribution is -0.169. The summed E-state index contributed by atoms with van der Waals surface area (Å²) in [6.45, 7) is 9.50. The Kier molecular flexibility index (Phi) is 5.95. The van der Waals surface area contributed by atoms with Crippen molar-refractivity contribution in [2.75, 3.05) is 5.73 Å². The minimum atomic E-state index is -2.07. The van der Waals surface area contributed by atoms with Gasteiger partial charge in [0.1, 0.15) is 5.82 Å². The maximum absolute atomic E-state index is 13.4. The van der Waals surface area contributed by atoms with Crippen LogP contribution in [0.15, 0.2) is 18.2 Å². The summed E-state index contributed by atoms with van der Waals surface area (Å²) in [5.74, 6) is -4.22. The number of carbonyl (C=O) groups is 3. The van der Waals surface area contributed by atoms with Gasteiger partial charge >= 0.3 is 11.9 Å². The third kappa shape index (κ3) is 4.20. The standard InChI is InChI=1S/C19H27FN2O5/c1-17(2,3)19(16(26)27,10-14(23)24)22(18(4,5)6)15(25)12-8-7-11(20)9-13(12)21/h7-9H,10,21H2,1-6H3,(H,23,24)(H,26,27)/t19-/m0/s1. The van der Waals surface area contributed by atoms with E-state index >= 15 is 0 Å². The number of nitrogens with zero attached hydrogens (tertiary/aromatic N) is 1. The monoisotopic (exact) mass is 382 g/mol. The van der Waals surface area contributed by atoms with Crippen LogP contribution in [-0.4, -0.2) is 44.0 Å². The fourth-order valence-corrected chi connectivity index (χ4v) is 3.29. The van der Waals surface area contributed by atoms with Crippen LogP contribution in [-0.2, 0) is 9.59 Å². The van der Waals surface area contributed by atoms with Gasteiger partial charge in [-0.1, -0.05) is 20.8 Å². The maximum atomic E-state index is 13.4. The third-order valence-electron chi connectivity index (χ3n) is 4.50. The number of hydrogen-bond donors (Lipinski definition) is 3. The average molecular weight is 382 g/mol. The fourth-order valence-electron chi connectivity index (χ4n) is 3.29. The quantitative estimate of drug-likeness (QED) is 0.673. The molecule has 150 valence electrons. The SMILES string of the molecule is CC(C)(C)N(C(=O)c1ccc(F)cc1N)[C@@](CC(=O)O)(C(=O)O)C(C)(C)C. The Balaban J connectivity index is 3.84. The molecule has 1 atom stereocenters. The van der Waals surface area contributed by atoms with Crippen molar-refractivity contribution in [2.45, 2.75) is 59.0 Å². The number of amides is 1. The Morgan fingerprint density at radius 1 is 1.07 bits per heavy atom. The highest BCUT2D eigenvalue weighted by Gasteiger charge is 2.59. The number of halogens is 1. The molecule has 1 rings (SSSR count). The van der Waals surface area contributed by atoms with Gasteiger partial charge in [0.25, 0.3) is 5.91 Å². The van der Waals surface area contributed by atoms with E-state index in [0.717, 1.165) is 17.0 Å². The smallest absolute Gasteiger partial charge is 0.330 e. The van der Waals surface area contributed by atoms with Crippen LogP contribution >= 0.6 is 0 Å². The zero-order valence-electron chi connectivity index (χ0n) is 16.5. The van der Waals surface area contributed by atoms with E-state index in [9.17, 15) is 29.0 Å². The van der Waals surface area contributed by atoms with Crippen molar-refractivity contribution in [1.82, 2.24) is 4.90 Å². The first kappa shape index (κ1) is 22.4. The normalized spacial score (nSPS) is 14.3. The van der Waals surface area contributed by atoms with Crippen LogP contribution in [0.5, 0.6) is 0 Å². The lowest BCUT2D eigenvalue weighted by atomic mass is 9.68. The molecule has 0 aliphatic heterocycles. The highest BCUT2D eigenvalue weighted by atomic mass is 19.1. The highest BCUT2D eigenvalue weighted by molar-refractivity contribution is 6.03. The topological polar surface area (TPSA) is 121 Å². The van der Waals surface area contributed by atoms with Gasteiger partial charge in [0, 0.05) is 11.2 Å². The molecular weight excluding hydrogens is 355 g/mol. The molecule has 7 nitrogen and oxygen atoms in total. The van der Waals surface area contributed by atoms with E-state index in [1.165, 1.54) is 6.07 Å². The largest absolute Gasteiger partial charge is 0.481 e. The summed E-state index contributed by atoms with van der Waals surface area (Å²) in [6, 6.07) is 3.17. The van der Waals surface area contributed by atoms with Crippen LogP contribution in [0.2, 0.25) is 0 Å². The summed E-state index contributed by atoms with van der Waals surface area (Å²) in [6.07, 6.45) is -0.810. The molecule has 0 aromatic heterocycles. The van der Waals surface area contributed by atoms with Crippen molar-refractivity contribution in [3.8, 4) is 0 Å². The second-order valence-corrected chi connectivity index (χ2v) is 8.53. The number of rotatable bonds is 5. The van der Waals surface area contributed by atoms with Crippen LogP contribution in [0.1, 0.15) is 58.3 Å². The average Bonchev–Trinajstić information content (AvgIpc) is 2.42. The van der Waals surface area contributed by atoms with E-state index in [2.05, 4.69) is 0 Å². The second kappa shape index (κ2) is 7.17. The lowest BCUT2D eigenvalue weighted by Gasteiger charge is -2.53. The molecule has 1 aromatic rings. The summed E-state index contributed by atoms with van der Waals surface area (Å²) in [4.78, 5) is 38.4. The number of anilines is 1. The van der Waals surface area contributed by atoms with Crippen molar-refractivity contribution in [3.05, 3.63) is 29.6 Å². The number of aliphatic carboxylic acids is 2. The van der Waals surface area contributed by atoms with E-state index in [-0.39, 0.29) is 11.3 Å². The third-order valence-corrected chi connectivity index (χ3v) is 4.50. The van der Waals surface area contributed by atoms with E-state index in [4.69, 9.17) is 5.73 Å². The Bertz CT molecular complexity index is 764. The molecule has 27 heavy (non-hydrogen) atoms. The van der Waals surface area contributed by atoms with Gasteiger partial charge in [-0.15, -0.1) is 0 Å². The molecule has 1 amide bonds. The van der Waals surface area contributed by atoms with Crippen molar-refractivity contribution in [1.29, 1.82) is 0 Å². The minimum Gasteiger partial charge on any atom is -0.481 e. The Labute approximate surface area is 158 Å². The van der Waals surface area contributed by atoms with E-state index in [1.54, 1.807) is 41.5 Å². The number of benzene rings is 1. The predicted molar refractivity (Wildman–Crippen MR) is 98.8 cm³/mol. The van der Waals surface area contributed by atoms with Gasteiger partial charge in [-0.2, -0.15) is 0 Å². The molecule has 0 bridgehead atoms. The van der Waals surface area contributed by atoms with Crippen molar-refractivity contribution in [3.63, 3.8) is 0 Å². The number of carboxylic acid groups (broad SMARTS) is 2. The van der Waals surface area contributed by atoms with Gasteiger partial charge < -0.3 is 20.8 Å². The van der Waals surface area contributed by atoms with Crippen molar-refractivity contribution in [2.24, 2.45) is 5.41 Å². The predicted octanol–water partition coefficient (Wildman–Crippen LogP) is 2.99. The summed E-state index contributed by atoms with van der Waals surface area (Å²) in [5.41, 5.74) is 1.25. The first-order chi connectivity index (χ1) is 12.1. The van der Waals surface area contributed by atoms with Crippen LogP contribution in [0, 0.1) is 11.2 Å². The molecular formula is C19H27FN2O5. The van der Waals surface area contributed by atoms with Crippen LogP contribution in [0.3, 0.4) is 0 Å². The molecule has 0 radical (unpaired) electrons. The van der Waals surface area contributed by atoms with E-state index in [0.29, 0.717) is 0 Å². The second-order valence-electron chi connectivity index (χ2n) is 8.53.